The molecule has 3 aromatic carbocycles. The molecular weight excluding hydrogens is 548 g/mol. The van der Waals surface area contributed by atoms with Crippen LogP contribution < -0.4 is 10.2 Å². The zero-order valence-corrected chi connectivity index (χ0v) is 19.9. The van der Waals surface area contributed by atoms with Gasteiger partial charge in [0.2, 0.25) is 0 Å². The smallest absolute Gasteiger partial charge is 0.307 e. The van der Waals surface area contributed by atoms with Gasteiger partial charge in [-0.1, -0.05) is 45.7 Å². The van der Waals surface area contributed by atoms with Gasteiger partial charge in [0.05, 0.1) is 10.7 Å². The number of hydrogen-bond donors (Lipinski definition) is 1. The average Bonchev–Trinajstić information content (AvgIpc) is 3.17. The van der Waals surface area contributed by atoms with Crippen LogP contribution in [-0.2, 0) is 6.61 Å². The minimum atomic E-state index is -0.428. The summed E-state index contributed by atoms with van der Waals surface area (Å²) in [5.41, 5.74) is 4.79. The first-order valence-corrected chi connectivity index (χ1v) is 11.1. The van der Waals surface area contributed by atoms with E-state index in [1.54, 1.807) is 18.3 Å². The molecule has 1 aromatic heterocycles. The molecule has 0 aliphatic rings. The van der Waals surface area contributed by atoms with E-state index in [1.165, 1.54) is 0 Å². The summed E-state index contributed by atoms with van der Waals surface area (Å²) in [5, 5.41) is 5.50. The third-order valence-electron chi connectivity index (χ3n) is 4.38. The number of furan rings is 1. The van der Waals surface area contributed by atoms with Crippen molar-refractivity contribution in [1.29, 1.82) is 0 Å². The van der Waals surface area contributed by atoms with Crippen LogP contribution in [-0.4, -0.2) is 12.1 Å². The Morgan fingerprint density at radius 1 is 1.10 bits per heavy atom. The van der Waals surface area contributed by atoms with Gasteiger partial charge in [0.15, 0.2) is 5.76 Å². The number of hydrazone groups is 1. The van der Waals surface area contributed by atoms with Crippen molar-refractivity contribution in [2.45, 2.75) is 6.61 Å². The minimum absolute atomic E-state index is 0.190. The molecule has 0 saturated heterocycles. The van der Waals surface area contributed by atoms with Crippen LogP contribution in [0.25, 0.3) is 11.0 Å². The molecule has 4 rings (SSSR count). The summed E-state index contributed by atoms with van der Waals surface area (Å²) in [4.78, 5) is 12.3. The van der Waals surface area contributed by atoms with E-state index >= 15 is 0 Å². The molecule has 1 heterocycles. The van der Waals surface area contributed by atoms with Crippen LogP contribution in [0.5, 0.6) is 5.75 Å². The van der Waals surface area contributed by atoms with E-state index in [9.17, 15) is 4.79 Å². The lowest BCUT2D eigenvalue weighted by atomic mass is 10.2. The molecule has 0 spiro atoms. The van der Waals surface area contributed by atoms with E-state index < -0.39 is 5.91 Å². The summed E-state index contributed by atoms with van der Waals surface area (Å²) in [6, 6.07) is 20.2. The van der Waals surface area contributed by atoms with Crippen LogP contribution >= 0.6 is 43.5 Å². The molecule has 0 radical (unpaired) electrons. The molecule has 1 amide bonds. The Morgan fingerprint density at radius 3 is 2.74 bits per heavy atom. The molecule has 1 N–H and O–H groups in total. The minimum Gasteiger partial charge on any atom is -0.488 e. The molecule has 156 valence electrons. The zero-order valence-electron chi connectivity index (χ0n) is 15.9. The molecule has 0 unspecified atom stereocenters. The van der Waals surface area contributed by atoms with E-state index in [-0.39, 0.29) is 5.76 Å². The van der Waals surface area contributed by atoms with Crippen LogP contribution in [0.4, 0.5) is 0 Å². The van der Waals surface area contributed by atoms with Crippen molar-refractivity contribution in [3.05, 3.63) is 97.6 Å². The van der Waals surface area contributed by atoms with Gasteiger partial charge in [0.1, 0.15) is 17.9 Å². The van der Waals surface area contributed by atoms with Gasteiger partial charge in [0.25, 0.3) is 0 Å². The second kappa shape index (κ2) is 9.68. The maximum absolute atomic E-state index is 12.3. The second-order valence-corrected chi connectivity index (χ2v) is 8.74. The van der Waals surface area contributed by atoms with Crippen molar-refractivity contribution in [2.24, 2.45) is 5.10 Å². The predicted molar refractivity (Wildman–Crippen MR) is 129 cm³/mol. The fourth-order valence-corrected chi connectivity index (χ4v) is 3.91. The van der Waals surface area contributed by atoms with Gasteiger partial charge in [-0.05, 0) is 70.0 Å². The number of nitrogens with one attached hydrogen (secondary N) is 1. The predicted octanol–water partition coefficient (Wildman–Crippen LogP) is 6.95. The van der Waals surface area contributed by atoms with Crippen LogP contribution in [0.3, 0.4) is 0 Å². The monoisotopic (exact) mass is 560 g/mol. The molecule has 0 atom stereocenters. The summed E-state index contributed by atoms with van der Waals surface area (Å²) in [5.74, 6) is 0.437. The standard InChI is InChI=1S/C23H15Br2ClN2O3/c24-17-6-8-20-16(10-17)11-22(31-20)23(29)28-27-12-14-5-7-21(18(25)9-14)30-13-15-3-1-2-4-19(15)26/h1-12H,13H2,(H,28,29)/b27-12+. The van der Waals surface area contributed by atoms with E-state index in [1.807, 2.05) is 54.6 Å². The normalized spacial score (nSPS) is 11.2. The highest BCUT2D eigenvalue weighted by atomic mass is 79.9. The van der Waals surface area contributed by atoms with Crippen LogP contribution in [0.2, 0.25) is 5.02 Å². The summed E-state index contributed by atoms with van der Waals surface area (Å²) >= 11 is 13.1. The van der Waals surface area contributed by atoms with Crippen molar-refractivity contribution in [3.63, 3.8) is 0 Å². The molecule has 8 heteroatoms. The summed E-state index contributed by atoms with van der Waals surface area (Å²) < 4.78 is 13.1. The number of hydrogen-bond acceptors (Lipinski definition) is 4. The molecule has 0 saturated carbocycles. The van der Waals surface area contributed by atoms with Crippen LogP contribution in [0, 0.1) is 0 Å². The van der Waals surface area contributed by atoms with Gasteiger partial charge < -0.3 is 9.15 Å². The van der Waals surface area contributed by atoms with Crippen LogP contribution in [0.15, 0.2) is 85.2 Å². The second-order valence-electron chi connectivity index (χ2n) is 6.56. The quantitative estimate of drug-likeness (QED) is 0.204. The molecule has 5 nitrogen and oxygen atoms in total. The molecule has 0 bridgehead atoms. The molecule has 0 aliphatic heterocycles. The summed E-state index contributed by atoms with van der Waals surface area (Å²) in [7, 11) is 0. The van der Waals surface area contributed by atoms with E-state index in [0.29, 0.717) is 23.0 Å². The number of benzene rings is 3. The van der Waals surface area contributed by atoms with Crippen molar-refractivity contribution < 1.29 is 13.9 Å². The van der Waals surface area contributed by atoms with E-state index in [0.717, 1.165) is 25.5 Å². The number of ether oxygens (including phenoxy) is 1. The lowest BCUT2D eigenvalue weighted by molar-refractivity contribution is 0.0929. The van der Waals surface area contributed by atoms with Gasteiger partial charge in [0, 0.05) is 20.4 Å². The summed E-state index contributed by atoms with van der Waals surface area (Å²) in [6.45, 7) is 0.357. The Labute approximate surface area is 200 Å². The Bertz CT molecular complexity index is 1290. The first-order chi connectivity index (χ1) is 15.0. The number of carbonyl (C=O) groups excluding carboxylic acids is 1. The number of carbonyl (C=O) groups is 1. The van der Waals surface area contributed by atoms with Gasteiger partial charge in [-0.25, -0.2) is 5.43 Å². The molecular formula is C23H15Br2ClN2O3. The van der Waals surface area contributed by atoms with Gasteiger partial charge in [-0.15, -0.1) is 0 Å². The highest BCUT2D eigenvalue weighted by Gasteiger charge is 2.12. The lowest BCUT2D eigenvalue weighted by Gasteiger charge is -2.10. The Hall–Kier alpha value is -2.61. The fourth-order valence-electron chi connectivity index (χ4n) is 2.83. The topological polar surface area (TPSA) is 63.8 Å². The highest BCUT2D eigenvalue weighted by molar-refractivity contribution is 9.10. The fraction of sp³-hybridized carbons (Fsp3) is 0.0435. The first-order valence-electron chi connectivity index (χ1n) is 9.18. The number of rotatable bonds is 6. The van der Waals surface area contributed by atoms with Gasteiger partial charge in [-0.2, -0.15) is 5.10 Å². The van der Waals surface area contributed by atoms with Gasteiger partial charge in [-0.3, -0.25) is 4.79 Å². The van der Waals surface area contributed by atoms with Crippen molar-refractivity contribution in [3.8, 4) is 5.75 Å². The van der Waals surface area contributed by atoms with E-state index in [4.69, 9.17) is 20.8 Å². The third-order valence-corrected chi connectivity index (χ3v) is 5.86. The summed E-state index contributed by atoms with van der Waals surface area (Å²) in [6.07, 6.45) is 1.54. The molecule has 31 heavy (non-hydrogen) atoms. The molecule has 4 aromatic rings. The Kier molecular flexibility index (Phi) is 6.75. The Balaban J connectivity index is 1.37. The maximum atomic E-state index is 12.3. The Morgan fingerprint density at radius 2 is 1.94 bits per heavy atom. The van der Waals surface area contributed by atoms with Crippen molar-refractivity contribution in [2.75, 3.05) is 0 Å². The maximum Gasteiger partial charge on any atom is 0.307 e. The van der Waals surface area contributed by atoms with Crippen molar-refractivity contribution in [1.82, 2.24) is 5.43 Å². The largest absolute Gasteiger partial charge is 0.488 e. The van der Waals surface area contributed by atoms with Crippen LogP contribution in [0.1, 0.15) is 21.7 Å². The average molecular weight is 563 g/mol. The van der Waals surface area contributed by atoms with E-state index in [2.05, 4.69) is 42.4 Å². The SMILES string of the molecule is O=C(N/N=C/c1ccc(OCc2ccccc2Cl)c(Br)c1)c1cc2cc(Br)ccc2o1. The zero-order chi connectivity index (χ0) is 21.8. The lowest BCUT2D eigenvalue weighted by Crippen LogP contribution is -2.16. The number of halogens is 3. The van der Waals surface area contributed by atoms with Gasteiger partial charge >= 0.3 is 5.91 Å². The number of nitrogens with zero attached hydrogens (tertiary/aromatic N) is 1. The molecule has 0 aliphatic carbocycles. The highest BCUT2D eigenvalue weighted by Crippen LogP contribution is 2.27. The number of fused-ring (bicyclic) bond motifs is 1. The first kappa shape index (κ1) is 21.6. The number of amides is 1. The third kappa shape index (κ3) is 5.36. The molecule has 0 fully saturated rings. The van der Waals surface area contributed by atoms with Crippen molar-refractivity contribution >= 4 is 66.6 Å².